The largest absolute Gasteiger partial charge is 0.382 e. The fourth-order valence-electron chi connectivity index (χ4n) is 2.36. The molecule has 0 atom stereocenters. The molecular weight excluding hydrogens is 304 g/mol. The maximum absolute atomic E-state index is 12.2. The Hall–Kier alpha value is -1.60. The number of anilines is 2. The second-order valence-electron chi connectivity index (χ2n) is 5.07. The summed E-state index contributed by atoms with van der Waals surface area (Å²) >= 11 is 3.01. The van der Waals surface area contributed by atoms with E-state index in [4.69, 9.17) is 5.73 Å². The number of nitrogens with one attached hydrogen (secondary N) is 1. The standard InChI is InChI=1S/C14H18N4OS2/c15-12-11(13(19)16-8-10-4-7-20-9-10)21-14(17-12)18-5-2-1-3-6-18/h4,7,9H,1-3,5-6,8,15H2,(H,16,19). The molecule has 3 N–H and O–H groups in total. The molecule has 3 rings (SSSR count). The van der Waals surface area contributed by atoms with Gasteiger partial charge in [-0.3, -0.25) is 4.79 Å². The van der Waals surface area contributed by atoms with Crippen molar-refractivity contribution in [3.63, 3.8) is 0 Å². The predicted octanol–water partition coefficient (Wildman–Crippen LogP) is 2.71. The minimum absolute atomic E-state index is 0.139. The van der Waals surface area contributed by atoms with Gasteiger partial charge in [0.15, 0.2) is 5.13 Å². The van der Waals surface area contributed by atoms with Crippen molar-refractivity contribution in [1.29, 1.82) is 0 Å². The molecule has 0 aliphatic carbocycles. The number of rotatable bonds is 4. The molecule has 1 fully saturated rings. The number of thiophene rings is 1. The highest BCUT2D eigenvalue weighted by Gasteiger charge is 2.20. The quantitative estimate of drug-likeness (QED) is 0.908. The van der Waals surface area contributed by atoms with Gasteiger partial charge in [0, 0.05) is 19.6 Å². The lowest BCUT2D eigenvalue weighted by atomic mass is 10.1. The minimum Gasteiger partial charge on any atom is -0.382 e. The van der Waals surface area contributed by atoms with Crippen LogP contribution in [0.15, 0.2) is 16.8 Å². The lowest BCUT2D eigenvalue weighted by Crippen LogP contribution is -2.29. The van der Waals surface area contributed by atoms with Gasteiger partial charge < -0.3 is 16.0 Å². The molecule has 112 valence electrons. The van der Waals surface area contributed by atoms with Gasteiger partial charge in [-0.25, -0.2) is 4.98 Å². The molecule has 0 spiro atoms. The summed E-state index contributed by atoms with van der Waals surface area (Å²) < 4.78 is 0. The monoisotopic (exact) mass is 322 g/mol. The first kappa shape index (κ1) is 14.3. The van der Waals surface area contributed by atoms with E-state index in [0.29, 0.717) is 17.2 Å². The molecule has 0 radical (unpaired) electrons. The lowest BCUT2D eigenvalue weighted by Gasteiger charge is -2.25. The first-order valence-corrected chi connectivity index (χ1v) is 8.80. The van der Waals surface area contributed by atoms with E-state index in [1.165, 1.54) is 30.6 Å². The predicted molar refractivity (Wildman–Crippen MR) is 88.1 cm³/mol. The average molecular weight is 322 g/mol. The summed E-state index contributed by atoms with van der Waals surface area (Å²) in [5, 5.41) is 7.79. The number of piperidine rings is 1. The van der Waals surface area contributed by atoms with Gasteiger partial charge in [-0.15, -0.1) is 0 Å². The fraction of sp³-hybridized carbons (Fsp3) is 0.429. The zero-order valence-electron chi connectivity index (χ0n) is 11.7. The van der Waals surface area contributed by atoms with Crippen LogP contribution in [0.5, 0.6) is 0 Å². The highest BCUT2D eigenvalue weighted by atomic mass is 32.1. The van der Waals surface area contributed by atoms with E-state index in [0.717, 1.165) is 23.8 Å². The van der Waals surface area contributed by atoms with Crippen LogP contribution in [0.4, 0.5) is 10.9 Å². The first-order chi connectivity index (χ1) is 10.2. The van der Waals surface area contributed by atoms with E-state index >= 15 is 0 Å². The lowest BCUT2D eigenvalue weighted by molar-refractivity contribution is 0.0955. The van der Waals surface area contributed by atoms with E-state index in [1.54, 1.807) is 11.3 Å². The van der Waals surface area contributed by atoms with Crippen molar-refractivity contribution in [2.45, 2.75) is 25.8 Å². The summed E-state index contributed by atoms with van der Waals surface area (Å²) in [6.45, 7) is 2.53. The molecule has 5 nitrogen and oxygen atoms in total. The normalized spacial score (nSPS) is 15.1. The SMILES string of the molecule is Nc1nc(N2CCCCC2)sc1C(=O)NCc1ccsc1. The van der Waals surface area contributed by atoms with Gasteiger partial charge in [-0.2, -0.15) is 11.3 Å². The van der Waals surface area contributed by atoms with Gasteiger partial charge in [0.05, 0.1) is 0 Å². The molecule has 0 saturated carbocycles. The van der Waals surface area contributed by atoms with E-state index < -0.39 is 0 Å². The Morgan fingerprint density at radius 2 is 2.19 bits per heavy atom. The molecular formula is C14H18N4OS2. The molecule has 0 aromatic carbocycles. The number of carbonyl (C=O) groups is 1. The van der Waals surface area contributed by atoms with Gasteiger partial charge in [0.25, 0.3) is 5.91 Å². The van der Waals surface area contributed by atoms with Crippen LogP contribution in [-0.2, 0) is 6.54 Å². The van der Waals surface area contributed by atoms with Gasteiger partial charge in [-0.05, 0) is 41.7 Å². The number of nitrogens with two attached hydrogens (primary N) is 1. The average Bonchev–Trinajstić information content (AvgIpc) is 3.15. The third-order valence-corrected chi connectivity index (χ3v) is 5.37. The van der Waals surface area contributed by atoms with Crippen molar-refractivity contribution in [3.05, 3.63) is 27.3 Å². The number of hydrogen-bond acceptors (Lipinski definition) is 6. The smallest absolute Gasteiger partial charge is 0.265 e. The second-order valence-corrected chi connectivity index (χ2v) is 6.83. The molecule has 0 bridgehead atoms. The maximum Gasteiger partial charge on any atom is 0.265 e. The van der Waals surface area contributed by atoms with Crippen molar-refractivity contribution in [2.75, 3.05) is 23.7 Å². The van der Waals surface area contributed by atoms with Crippen LogP contribution < -0.4 is 16.0 Å². The minimum atomic E-state index is -0.139. The van der Waals surface area contributed by atoms with Crippen LogP contribution in [0.25, 0.3) is 0 Å². The number of hydrogen-bond donors (Lipinski definition) is 2. The summed E-state index contributed by atoms with van der Waals surface area (Å²) in [6.07, 6.45) is 3.63. The summed E-state index contributed by atoms with van der Waals surface area (Å²) in [5.41, 5.74) is 7.02. The van der Waals surface area contributed by atoms with Crippen molar-refractivity contribution in [1.82, 2.24) is 10.3 Å². The van der Waals surface area contributed by atoms with E-state index in [9.17, 15) is 4.79 Å². The Morgan fingerprint density at radius 1 is 1.38 bits per heavy atom. The molecule has 21 heavy (non-hydrogen) atoms. The van der Waals surface area contributed by atoms with Crippen LogP contribution in [0, 0.1) is 0 Å². The third kappa shape index (κ3) is 3.36. The molecule has 0 unspecified atom stereocenters. The zero-order valence-corrected chi connectivity index (χ0v) is 13.3. The Balaban J connectivity index is 1.66. The Bertz CT molecular complexity index is 603. The first-order valence-electron chi connectivity index (χ1n) is 7.04. The van der Waals surface area contributed by atoms with E-state index in [2.05, 4.69) is 15.2 Å². The topological polar surface area (TPSA) is 71.2 Å². The van der Waals surface area contributed by atoms with Gasteiger partial charge in [0.1, 0.15) is 10.7 Å². The number of nitrogen functional groups attached to an aromatic ring is 1. The van der Waals surface area contributed by atoms with E-state index in [-0.39, 0.29) is 5.91 Å². The zero-order chi connectivity index (χ0) is 14.7. The Kier molecular flexibility index (Phi) is 4.40. The van der Waals surface area contributed by atoms with Gasteiger partial charge in [0.2, 0.25) is 0 Å². The molecule has 1 aliphatic rings. The highest BCUT2D eigenvalue weighted by Crippen LogP contribution is 2.30. The van der Waals surface area contributed by atoms with Crippen molar-refractivity contribution >= 4 is 39.5 Å². The number of thiazole rings is 1. The molecule has 1 amide bonds. The van der Waals surface area contributed by atoms with Crippen molar-refractivity contribution in [3.8, 4) is 0 Å². The second kappa shape index (κ2) is 6.44. The third-order valence-electron chi connectivity index (χ3n) is 3.51. The van der Waals surface area contributed by atoms with Crippen LogP contribution >= 0.6 is 22.7 Å². The molecule has 1 aliphatic heterocycles. The van der Waals surface area contributed by atoms with Gasteiger partial charge in [-0.1, -0.05) is 11.3 Å². The number of nitrogens with zero attached hydrogens (tertiary/aromatic N) is 2. The van der Waals surface area contributed by atoms with Crippen LogP contribution in [0.3, 0.4) is 0 Å². The van der Waals surface area contributed by atoms with Crippen LogP contribution in [-0.4, -0.2) is 24.0 Å². The van der Waals surface area contributed by atoms with Crippen molar-refractivity contribution < 1.29 is 4.79 Å². The number of carbonyl (C=O) groups excluding carboxylic acids is 1. The molecule has 2 aromatic heterocycles. The van der Waals surface area contributed by atoms with Crippen molar-refractivity contribution in [2.24, 2.45) is 0 Å². The molecule has 1 saturated heterocycles. The summed E-state index contributed by atoms with van der Waals surface area (Å²) in [6, 6.07) is 2.00. The fourth-order valence-corrected chi connectivity index (χ4v) is 3.98. The highest BCUT2D eigenvalue weighted by molar-refractivity contribution is 7.18. The summed E-state index contributed by atoms with van der Waals surface area (Å²) in [4.78, 5) is 19.3. The molecule has 7 heteroatoms. The van der Waals surface area contributed by atoms with E-state index in [1.807, 2.05) is 16.8 Å². The number of amides is 1. The number of aromatic nitrogens is 1. The van der Waals surface area contributed by atoms with Crippen LogP contribution in [0.2, 0.25) is 0 Å². The Morgan fingerprint density at radius 3 is 2.90 bits per heavy atom. The molecule has 2 aromatic rings. The summed E-state index contributed by atoms with van der Waals surface area (Å²) in [7, 11) is 0. The van der Waals surface area contributed by atoms with Crippen LogP contribution in [0.1, 0.15) is 34.5 Å². The maximum atomic E-state index is 12.2. The van der Waals surface area contributed by atoms with Gasteiger partial charge >= 0.3 is 0 Å². The molecule has 3 heterocycles. The Labute approximate surface area is 131 Å². The summed E-state index contributed by atoms with van der Waals surface area (Å²) in [5.74, 6) is 0.197.